The van der Waals surface area contributed by atoms with Crippen LogP contribution in [0.3, 0.4) is 0 Å². The lowest BCUT2D eigenvalue weighted by atomic mass is 10.1. The smallest absolute Gasteiger partial charge is 0.251 e. The number of aromatic amines is 1. The first kappa shape index (κ1) is 10.9. The predicted molar refractivity (Wildman–Crippen MR) is 56.2 cm³/mol. The van der Waals surface area contributed by atoms with Crippen molar-refractivity contribution in [2.45, 2.75) is 39.2 Å². The van der Waals surface area contributed by atoms with Gasteiger partial charge in [0.25, 0.3) is 5.56 Å². The fourth-order valence-electron chi connectivity index (χ4n) is 1.23. The molecule has 1 aromatic heterocycles. The van der Waals surface area contributed by atoms with Crippen LogP contribution in [0.15, 0.2) is 10.9 Å². The third kappa shape index (κ3) is 2.96. The molecule has 4 nitrogen and oxygen atoms in total. The molecule has 0 amide bonds. The summed E-state index contributed by atoms with van der Waals surface area (Å²) in [6.45, 7) is 4.00. The summed E-state index contributed by atoms with van der Waals surface area (Å²) in [6, 6.07) is 1.60. The highest BCUT2D eigenvalue weighted by Gasteiger charge is 2.04. The summed E-state index contributed by atoms with van der Waals surface area (Å²) < 4.78 is 0. The zero-order valence-corrected chi connectivity index (χ0v) is 8.71. The molecule has 0 spiro atoms. The van der Waals surface area contributed by atoms with Crippen molar-refractivity contribution < 1.29 is 0 Å². The van der Waals surface area contributed by atoms with E-state index in [-0.39, 0.29) is 11.6 Å². The molecule has 0 aromatic carbocycles. The Labute approximate surface area is 83.6 Å². The number of aryl methyl sites for hydroxylation is 1. The van der Waals surface area contributed by atoms with Crippen LogP contribution in [-0.2, 0) is 12.8 Å². The largest absolute Gasteiger partial charge is 0.327 e. The molecule has 0 aliphatic rings. The van der Waals surface area contributed by atoms with Crippen molar-refractivity contribution in [3.8, 4) is 0 Å². The lowest BCUT2D eigenvalue weighted by Gasteiger charge is -2.07. The molecular formula is C10H17N3O. The van der Waals surface area contributed by atoms with E-state index in [2.05, 4.69) is 9.97 Å². The average Bonchev–Trinajstić information content (AvgIpc) is 2.16. The maximum absolute atomic E-state index is 11.2. The topological polar surface area (TPSA) is 71.8 Å². The highest BCUT2D eigenvalue weighted by molar-refractivity contribution is 5.03. The van der Waals surface area contributed by atoms with Gasteiger partial charge < -0.3 is 10.7 Å². The quantitative estimate of drug-likeness (QED) is 0.739. The van der Waals surface area contributed by atoms with E-state index in [9.17, 15) is 4.79 Å². The standard InChI is InChI=1S/C10H17N3O/c1-3-7(11)5-9-12-8(4-2)6-10(14)13-9/h6-7H,3-5,11H2,1-2H3,(H,12,13,14). The summed E-state index contributed by atoms with van der Waals surface area (Å²) in [4.78, 5) is 18.2. The zero-order valence-electron chi connectivity index (χ0n) is 8.71. The highest BCUT2D eigenvalue weighted by Crippen LogP contribution is 1.98. The van der Waals surface area contributed by atoms with Gasteiger partial charge in [-0.05, 0) is 12.8 Å². The van der Waals surface area contributed by atoms with Crippen molar-refractivity contribution in [1.29, 1.82) is 0 Å². The first-order valence-corrected chi connectivity index (χ1v) is 5.00. The van der Waals surface area contributed by atoms with Gasteiger partial charge in [0, 0.05) is 24.2 Å². The fraction of sp³-hybridized carbons (Fsp3) is 0.600. The van der Waals surface area contributed by atoms with E-state index in [4.69, 9.17) is 5.73 Å². The summed E-state index contributed by atoms with van der Waals surface area (Å²) in [5.41, 5.74) is 6.52. The lowest BCUT2D eigenvalue weighted by Crippen LogP contribution is -2.24. The monoisotopic (exact) mass is 195 g/mol. The van der Waals surface area contributed by atoms with Crippen LogP contribution in [0.5, 0.6) is 0 Å². The van der Waals surface area contributed by atoms with Gasteiger partial charge in [0.15, 0.2) is 0 Å². The first-order valence-electron chi connectivity index (χ1n) is 5.00. The van der Waals surface area contributed by atoms with E-state index in [1.807, 2.05) is 13.8 Å². The molecule has 78 valence electrons. The van der Waals surface area contributed by atoms with E-state index in [1.54, 1.807) is 0 Å². The minimum atomic E-state index is -0.0878. The second-order valence-corrected chi connectivity index (χ2v) is 3.41. The van der Waals surface area contributed by atoms with E-state index >= 15 is 0 Å². The molecule has 0 bridgehead atoms. The van der Waals surface area contributed by atoms with Crippen LogP contribution in [0.4, 0.5) is 0 Å². The van der Waals surface area contributed by atoms with Gasteiger partial charge in [-0.3, -0.25) is 4.79 Å². The van der Waals surface area contributed by atoms with Crippen LogP contribution in [-0.4, -0.2) is 16.0 Å². The summed E-state index contributed by atoms with van der Waals surface area (Å²) in [6.07, 6.45) is 2.30. The molecular weight excluding hydrogens is 178 g/mol. The molecule has 0 saturated heterocycles. The number of nitrogens with one attached hydrogen (secondary N) is 1. The third-order valence-corrected chi connectivity index (χ3v) is 2.19. The number of rotatable bonds is 4. The summed E-state index contributed by atoms with van der Waals surface area (Å²) in [5.74, 6) is 0.698. The molecule has 4 heteroatoms. The van der Waals surface area contributed by atoms with Gasteiger partial charge in [0.05, 0.1) is 0 Å². The Kier molecular flexibility index (Phi) is 3.83. The van der Waals surface area contributed by atoms with Crippen LogP contribution in [0.1, 0.15) is 31.8 Å². The van der Waals surface area contributed by atoms with Crippen LogP contribution in [0, 0.1) is 0 Å². The Bertz CT molecular complexity index is 345. The normalized spacial score (nSPS) is 12.8. The van der Waals surface area contributed by atoms with Gasteiger partial charge >= 0.3 is 0 Å². The molecule has 14 heavy (non-hydrogen) atoms. The Balaban J connectivity index is 2.86. The molecule has 1 unspecified atom stereocenters. The van der Waals surface area contributed by atoms with Crippen molar-refractivity contribution >= 4 is 0 Å². The van der Waals surface area contributed by atoms with Gasteiger partial charge in [-0.2, -0.15) is 0 Å². The van der Waals surface area contributed by atoms with Gasteiger partial charge in [0.2, 0.25) is 0 Å². The zero-order chi connectivity index (χ0) is 10.6. The molecule has 0 saturated carbocycles. The number of nitrogens with two attached hydrogens (primary N) is 1. The molecule has 0 aliphatic carbocycles. The maximum atomic E-state index is 11.2. The minimum absolute atomic E-state index is 0.0743. The first-order chi connectivity index (χ1) is 6.65. The van der Waals surface area contributed by atoms with Crippen molar-refractivity contribution in [1.82, 2.24) is 9.97 Å². The lowest BCUT2D eigenvalue weighted by molar-refractivity contribution is 0.620. The molecule has 1 aromatic rings. The van der Waals surface area contributed by atoms with Crippen molar-refractivity contribution in [3.63, 3.8) is 0 Å². The van der Waals surface area contributed by atoms with E-state index in [0.29, 0.717) is 12.2 Å². The molecule has 0 aliphatic heterocycles. The summed E-state index contributed by atoms with van der Waals surface area (Å²) in [5, 5.41) is 0. The summed E-state index contributed by atoms with van der Waals surface area (Å²) >= 11 is 0. The molecule has 3 N–H and O–H groups in total. The molecule has 1 rings (SSSR count). The van der Waals surface area contributed by atoms with Crippen LogP contribution < -0.4 is 11.3 Å². The second kappa shape index (κ2) is 4.91. The average molecular weight is 195 g/mol. The van der Waals surface area contributed by atoms with E-state index < -0.39 is 0 Å². The van der Waals surface area contributed by atoms with Crippen molar-refractivity contribution in [2.75, 3.05) is 0 Å². The number of hydrogen-bond donors (Lipinski definition) is 2. The Morgan fingerprint density at radius 1 is 1.57 bits per heavy atom. The van der Waals surface area contributed by atoms with Crippen LogP contribution in [0.2, 0.25) is 0 Å². The number of aromatic nitrogens is 2. The van der Waals surface area contributed by atoms with Crippen LogP contribution in [0.25, 0.3) is 0 Å². The molecule has 0 radical (unpaired) electrons. The number of hydrogen-bond acceptors (Lipinski definition) is 3. The Morgan fingerprint density at radius 3 is 2.86 bits per heavy atom. The Morgan fingerprint density at radius 2 is 2.29 bits per heavy atom. The SMILES string of the molecule is CCc1cc(=O)[nH]c(CC(N)CC)n1. The minimum Gasteiger partial charge on any atom is -0.327 e. The number of H-pyrrole nitrogens is 1. The van der Waals surface area contributed by atoms with Crippen molar-refractivity contribution in [3.05, 3.63) is 27.9 Å². The van der Waals surface area contributed by atoms with Gasteiger partial charge in [-0.1, -0.05) is 13.8 Å². The predicted octanol–water partition coefficient (Wildman–Crippen LogP) is 0.612. The molecule has 0 fully saturated rings. The van der Waals surface area contributed by atoms with Gasteiger partial charge in [0.1, 0.15) is 5.82 Å². The molecule has 1 atom stereocenters. The van der Waals surface area contributed by atoms with Crippen LogP contribution >= 0.6 is 0 Å². The Hall–Kier alpha value is -1.16. The summed E-state index contributed by atoms with van der Waals surface area (Å²) in [7, 11) is 0. The third-order valence-electron chi connectivity index (χ3n) is 2.19. The van der Waals surface area contributed by atoms with E-state index in [1.165, 1.54) is 6.07 Å². The fourth-order valence-corrected chi connectivity index (χ4v) is 1.23. The molecule has 1 heterocycles. The maximum Gasteiger partial charge on any atom is 0.251 e. The number of nitrogens with zero attached hydrogens (tertiary/aromatic N) is 1. The highest BCUT2D eigenvalue weighted by atomic mass is 16.1. The van der Waals surface area contributed by atoms with E-state index in [0.717, 1.165) is 18.5 Å². The van der Waals surface area contributed by atoms with Gasteiger partial charge in [-0.25, -0.2) is 4.98 Å². The van der Waals surface area contributed by atoms with Gasteiger partial charge in [-0.15, -0.1) is 0 Å². The van der Waals surface area contributed by atoms with Crippen molar-refractivity contribution in [2.24, 2.45) is 5.73 Å². The second-order valence-electron chi connectivity index (χ2n) is 3.41.